The zero-order valence-electron chi connectivity index (χ0n) is 11.9. The third kappa shape index (κ3) is 2.83. The highest BCUT2D eigenvalue weighted by Gasteiger charge is 2.30. The number of H-pyrrole nitrogens is 1. The van der Waals surface area contributed by atoms with Crippen molar-refractivity contribution in [3.05, 3.63) is 63.2 Å². The predicted molar refractivity (Wildman–Crippen MR) is 79.2 cm³/mol. The van der Waals surface area contributed by atoms with Crippen molar-refractivity contribution in [3.63, 3.8) is 0 Å². The second-order valence-corrected chi connectivity index (χ2v) is 5.27. The van der Waals surface area contributed by atoms with Crippen LogP contribution in [0.5, 0.6) is 0 Å². The van der Waals surface area contributed by atoms with E-state index in [1.54, 1.807) is 17.3 Å². The van der Waals surface area contributed by atoms with Crippen molar-refractivity contribution >= 4 is 5.91 Å². The van der Waals surface area contributed by atoms with Gasteiger partial charge in [-0.3, -0.25) is 24.1 Å². The molecule has 1 aliphatic heterocycles. The number of amides is 1. The van der Waals surface area contributed by atoms with Gasteiger partial charge in [0, 0.05) is 31.2 Å². The molecule has 2 aromatic heterocycles. The smallest absolute Gasteiger partial charge is 0.328 e. The number of carbonyl (C=O) groups is 1. The van der Waals surface area contributed by atoms with Crippen molar-refractivity contribution in [2.45, 2.75) is 25.4 Å². The summed E-state index contributed by atoms with van der Waals surface area (Å²) >= 11 is 0. The van der Waals surface area contributed by atoms with E-state index in [4.69, 9.17) is 0 Å². The second kappa shape index (κ2) is 5.97. The van der Waals surface area contributed by atoms with E-state index in [1.807, 2.05) is 12.1 Å². The quantitative estimate of drug-likeness (QED) is 0.883. The Labute approximate surface area is 126 Å². The molecular weight excluding hydrogens is 284 g/mol. The van der Waals surface area contributed by atoms with Gasteiger partial charge in [0.05, 0.1) is 6.04 Å². The second-order valence-electron chi connectivity index (χ2n) is 5.27. The maximum atomic E-state index is 12.5. The van der Waals surface area contributed by atoms with Crippen LogP contribution in [0.2, 0.25) is 0 Å². The minimum absolute atomic E-state index is 0.000312. The van der Waals surface area contributed by atoms with E-state index in [9.17, 15) is 14.4 Å². The largest absolute Gasteiger partial charge is 0.334 e. The van der Waals surface area contributed by atoms with Gasteiger partial charge >= 0.3 is 5.69 Å². The normalized spacial score (nSPS) is 17.6. The molecule has 1 amide bonds. The lowest BCUT2D eigenvalue weighted by Crippen LogP contribution is -2.38. The Morgan fingerprint density at radius 1 is 1.36 bits per heavy atom. The molecule has 1 saturated heterocycles. The molecule has 7 nitrogen and oxygen atoms in total. The highest BCUT2D eigenvalue weighted by Crippen LogP contribution is 2.31. The fraction of sp³-hybridized carbons (Fsp3) is 0.333. The molecule has 114 valence electrons. The van der Waals surface area contributed by atoms with Gasteiger partial charge in [-0.25, -0.2) is 4.79 Å². The van der Waals surface area contributed by atoms with Gasteiger partial charge in [-0.1, -0.05) is 6.07 Å². The maximum Gasteiger partial charge on any atom is 0.328 e. The predicted octanol–water partition coefficient (Wildman–Crippen LogP) is 0.295. The Morgan fingerprint density at radius 2 is 2.23 bits per heavy atom. The number of likely N-dealkylation sites (tertiary alicyclic amines) is 1. The number of aromatic nitrogens is 3. The molecule has 1 N–H and O–H groups in total. The first-order valence-electron chi connectivity index (χ1n) is 7.14. The zero-order valence-corrected chi connectivity index (χ0v) is 11.9. The molecule has 0 saturated carbocycles. The van der Waals surface area contributed by atoms with E-state index in [0.717, 1.165) is 18.4 Å². The van der Waals surface area contributed by atoms with Crippen LogP contribution >= 0.6 is 0 Å². The summed E-state index contributed by atoms with van der Waals surface area (Å²) in [5, 5.41) is 0. The molecule has 3 rings (SSSR count). The van der Waals surface area contributed by atoms with Crippen LogP contribution in [0.4, 0.5) is 0 Å². The summed E-state index contributed by atoms with van der Waals surface area (Å²) in [6, 6.07) is 5.04. The lowest BCUT2D eigenvalue weighted by molar-refractivity contribution is -0.132. The fourth-order valence-corrected chi connectivity index (χ4v) is 2.79. The van der Waals surface area contributed by atoms with Gasteiger partial charge in [0.25, 0.3) is 5.56 Å². The van der Waals surface area contributed by atoms with Gasteiger partial charge in [-0.05, 0) is 24.5 Å². The van der Waals surface area contributed by atoms with E-state index in [-0.39, 0.29) is 18.5 Å². The van der Waals surface area contributed by atoms with Crippen molar-refractivity contribution in [1.29, 1.82) is 0 Å². The average Bonchev–Trinajstić information content (AvgIpc) is 3.00. The van der Waals surface area contributed by atoms with E-state index in [2.05, 4.69) is 9.97 Å². The van der Waals surface area contributed by atoms with Gasteiger partial charge < -0.3 is 4.90 Å². The number of pyridine rings is 1. The first-order valence-corrected chi connectivity index (χ1v) is 7.14. The van der Waals surface area contributed by atoms with Crippen LogP contribution in [0.25, 0.3) is 0 Å². The highest BCUT2D eigenvalue weighted by molar-refractivity contribution is 5.76. The molecule has 1 atom stereocenters. The van der Waals surface area contributed by atoms with E-state index >= 15 is 0 Å². The Kier molecular flexibility index (Phi) is 3.86. The minimum atomic E-state index is -0.571. The summed E-state index contributed by atoms with van der Waals surface area (Å²) < 4.78 is 1.21. The lowest BCUT2D eigenvalue weighted by Gasteiger charge is -2.25. The average molecular weight is 300 g/mol. The Bertz CT molecular complexity index is 781. The first kappa shape index (κ1) is 14.2. The van der Waals surface area contributed by atoms with Crippen LogP contribution in [-0.2, 0) is 11.3 Å². The van der Waals surface area contributed by atoms with Crippen molar-refractivity contribution < 1.29 is 4.79 Å². The number of rotatable bonds is 3. The summed E-state index contributed by atoms with van der Waals surface area (Å²) in [6.45, 7) is 0.586. The molecule has 1 unspecified atom stereocenters. The Balaban J connectivity index is 1.79. The summed E-state index contributed by atoms with van der Waals surface area (Å²) in [5.74, 6) is -0.138. The van der Waals surface area contributed by atoms with Crippen molar-refractivity contribution in [2.24, 2.45) is 0 Å². The first-order chi connectivity index (χ1) is 10.6. The molecule has 1 fully saturated rings. The van der Waals surface area contributed by atoms with Crippen molar-refractivity contribution in [2.75, 3.05) is 6.54 Å². The standard InChI is InChI=1S/C15H16N4O3/c20-13-5-8-18(15(22)17-13)10-14(21)19-7-2-4-12(19)11-3-1-6-16-9-11/h1,3,5-6,8-9,12H,2,4,7,10H2,(H,17,20,22). The molecule has 7 heteroatoms. The third-order valence-electron chi connectivity index (χ3n) is 3.84. The number of aromatic amines is 1. The van der Waals surface area contributed by atoms with Crippen LogP contribution in [0, 0.1) is 0 Å². The van der Waals surface area contributed by atoms with Crippen LogP contribution in [0.15, 0.2) is 46.4 Å². The monoisotopic (exact) mass is 300 g/mol. The van der Waals surface area contributed by atoms with Crippen molar-refractivity contribution in [3.8, 4) is 0 Å². The maximum absolute atomic E-state index is 12.5. The fourth-order valence-electron chi connectivity index (χ4n) is 2.79. The molecule has 0 spiro atoms. The van der Waals surface area contributed by atoms with Gasteiger partial charge in [-0.15, -0.1) is 0 Å². The summed E-state index contributed by atoms with van der Waals surface area (Å²) in [5.41, 5.74) is -0.0387. The van der Waals surface area contributed by atoms with Gasteiger partial charge in [0.2, 0.25) is 5.91 Å². The molecule has 3 heterocycles. The Hall–Kier alpha value is -2.70. The van der Waals surface area contributed by atoms with Crippen LogP contribution in [0.3, 0.4) is 0 Å². The Morgan fingerprint density at radius 3 is 2.95 bits per heavy atom. The van der Waals surface area contributed by atoms with E-state index in [0.29, 0.717) is 6.54 Å². The van der Waals surface area contributed by atoms with Crippen molar-refractivity contribution in [1.82, 2.24) is 19.4 Å². The molecule has 0 bridgehead atoms. The molecule has 0 aliphatic carbocycles. The number of nitrogens with zero attached hydrogens (tertiary/aromatic N) is 3. The summed E-state index contributed by atoms with van der Waals surface area (Å²) in [4.78, 5) is 43.2. The van der Waals surface area contributed by atoms with Gasteiger partial charge in [-0.2, -0.15) is 0 Å². The van der Waals surface area contributed by atoms with Gasteiger partial charge in [0.15, 0.2) is 0 Å². The lowest BCUT2D eigenvalue weighted by atomic mass is 10.1. The topological polar surface area (TPSA) is 88.1 Å². The van der Waals surface area contributed by atoms with Crippen LogP contribution in [0.1, 0.15) is 24.4 Å². The summed E-state index contributed by atoms with van der Waals surface area (Å²) in [6.07, 6.45) is 6.62. The molecule has 1 aliphatic rings. The highest BCUT2D eigenvalue weighted by atomic mass is 16.2. The number of carbonyl (C=O) groups excluding carboxylic acids is 1. The SMILES string of the molecule is O=C(Cn1ccc(=O)[nH]c1=O)N1CCCC1c1cccnc1. The molecule has 2 aromatic rings. The minimum Gasteiger partial charge on any atom is -0.334 e. The third-order valence-corrected chi connectivity index (χ3v) is 3.84. The molecule has 22 heavy (non-hydrogen) atoms. The van der Waals surface area contributed by atoms with Gasteiger partial charge in [0.1, 0.15) is 6.54 Å². The number of hydrogen-bond donors (Lipinski definition) is 1. The molecular formula is C15H16N4O3. The molecule has 0 radical (unpaired) electrons. The number of nitrogens with one attached hydrogen (secondary N) is 1. The summed E-state index contributed by atoms with van der Waals surface area (Å²) in [7, 11) is 0. The van der Waals surface area contributed by atoms with Crippen LogP contribution in [-0.4, -0.2) is 31.9 Å². The number of hydrogen-bond acceptors (Lipinski definition) is 4. The molecule has 0 aromatic carbocycles. The van der Waals surface area contributed by atoms with Crippen LogP contribution < -0.4 is 11.2 Å². The van der Waals surface area contributed by atoms with E-state index in [1.165, 1.54) is 16.8 Å². The zero-order chi connectivity index (χ0) is 15.5. The van der Waals surface area contributed by atoms with E-state index < -0.39 is 11.2 Å².